The van der Waals surface area contributed by atoms with Gasteiger partial charge in [-0.05, 0) is 108 Å². The van der Waals surface area contributed by atoms with Gasteiger partial charge < -0.3 is 0 Å². The average molecular weight is 990 g/mol. The first-order valence-corrected chi connectivity index (χ1v) is 28.2. The molecule has 0 amide bonds. The van der Waals surface area contributed by atoms with Crippen molar-refractivity contribution in [3.63, 3.8) is 0 Å². The first kappa shape index (κ1) is 80.5. The molecule has 0 aromatic carbocycles. The SMILES string of the molecule is C=C(C(C)(C)C)C(C)(C)C.CC(C(C)(C)C)C(C)(C)C.CC(C)(C)/C=C/C(C)(C)C.CC(C)(C)C(=O)C(C)(C)C.CC(C)(C)C1(C(C)(C)C)CC1.CC(C)(C)CC(C)(C)C.CC(C)(C)CCC(C)(C)C. The summed E-state index contributed by atoms with van der Waals surface area (Å²) in [6.45, 7) is 100. The van der Waals surface area contributed by atoms with E-state index in [0.29, 0.717) is 65.3 Å². The lowest BCUT2D eigenvalue weighted by Crippen LogP contribution is -2.34. The minimum absolute atomic E-state index is 0.196. The highest BCUT2D eigenvalue weighted by Crippen LogP contribution is 2.67. The summed E-state index contributed by atoms with van der Waals surface area (Å²) in [6.07, 6.45) is 11.4. The highest BCUT2D eigenvalue weighted by atomic mass is 16.1. The van der Waals surface area contributed by atoms with Crippen LogP contribution in [0.25, 0.3) is 0 Å². The second-order valence-electron chi connectivity index (χ2n) is 37.3. The molecule has 0 atom stereocenters. The number of allylic oxidation sites excluding steroid dienone is 3. The van der Waals surface area contributed by atoms with Gasteiger partial charge in [0.1, 0.15) is 5.78 Å². The Bertz CT molecular complexity index is 1290. The molecule has 0 aromatic heterocycles. The van der Waals surface area contributed by atoms with E-state index in [1.807, 2.05) is 41.5 Å². The largest absolute Gasteiger partial charge is 0.299 e. The number of hydrogen-bond acceptors (Lipinski definition) is 1. The maximum atomic E-state index is 11.5. The first-order valence-electron chi connectivity index (χ1n) is 28.2. The second kappa shape index (κ2) is 27.8. The summed E-state index contributed by atoms with van der Waals surface area (Å²) in [5, 5.41) is 0. The van der Waals surface area contributed by atoms with E-state index in [1.54, 1.807) is 0 Å². The molecule has 0 aromatic rings. The number of carbonyl (C=O) groups is 1. The quantitative estimate of drug-likeness (QED) is 0.239. The van der Waals surface area contributed by atoms with Crippen molar-refractivity contribution >= 4 is 5.78 Å². The number of Topliss-reactive ketones (excluding diaryl/α,β-unsaturated/α-hetero) is 1. The van der Waals surface area contributed by atoms with Crippen LogP contribution >= 0.6 is 0 Å². The van der Waals surface area contributed by atoms with Crippen molar-refractivity contribution in [2.45, 2.75) is 330 Å². The van der Waals surface area contributed by atoms with Gasteiger partial charge in [0.2, 0.25) is 0 Å². The first-order chi connectivity index (χ1) is 29.3. The number of carbonyl (C=O) groups excluding carboxylic acids is 1. The molecule has 0 bridgehead atoms. The lowest BCUT2D eigenvalue weighted by atomic mass is 9.63. The Morgan fingerprint density at radius 3 is 0.629 bits per heavy atom. The lowest BCUT2D eigenvalue weighted by Gasteiger charge is -2.41. The third-order valence-electron chi connectivity index (χ3n) is 13.2. The van der Waals surface area contributed by atoms with Gasteiger partial charge >= 0.3 is 0 Å². The zero-order valence-electron chi connectivity index (χ0n) is 57.9. The normalized spacial score (nSPS) is 15.4. The molecule has 0 heterocycles. The molecule has 0 aliphatic heterocycles. The molecule has 1 nitrogen and oxygen atoms in total. The van der Waals surface area contributed by atoms with E-state index in [-0.39, 0.29) is 21.7 Å². The average Bonchev–Trinajstić information content (AvgIpc) is 3.82. The van der Waals surface area contributed by atoms with Gasteiger partial charge in [0.15, 0.2) is 0 Å². The van der Waals surface area contributed by atoms with Crippen LogP contribution < -0.4 is 0 Å². The zero-order valence-corrected chi connectivity index (χ0v) is 57.9. The van der Waals surface area contributed by atoms with Crippen LogP contribution in [0.15, 0.2) is 24.3 Å². The molecule has 1 heteroatoms. The molecule has 426 valence electrons. The predicted octanol–water partition coefficient (Wildman–Crippen LogP) is 24.8. The van der Waals surface area contributed by atoms with Crippen molar-refractivity contribution in [1.29, 1.82) is 0 Å². The molecule has 1 fully saturated rings. The molecule has 0 radical (unpaired) electrons. The van der Waals surface area contributed by atoms with Crippen LogP contribution in [-0.4, -0.2) is 5.78 Å². The van der Waals surface area contributed by atoms with E-state index in [2.05, 4.69) is 275 Å². The Kier molecular flexibility index (Phi) is 32.0. The minimum atomic E-state index is -0.196. The van der Waals surface area contributed by atoms with Gasteiger partial charge in [-0.25, -0.2) is 0 Å². The number of rotatable bonds is 1. The molecule has 0 unspecified atom stereocenters. The van der Waals surface area contributed by atoms with Crippen LogP contribution in [0.5, 0.6) is 0 Å². The molecule has 0 N–H and O–H groups in total. The fourth-order valence-electron chi connectivity index (χ4n) is 9.14. The van der Waals surface area contributed by atoms with Crippen LogP contribution in [0.1, 0.15) is 330 Å². The third kappa shape index (κ3) is 48.1. The summed E-state index contributed by atoms with van der Waals surface area (Å²) in [4.78, 5) is 11.5. The van der Waals surface area contributed by atoms with Gasteiger partial charge in [-0.3, -0.25) is 4.79 Å². The van der Waals surface area contributed by atoms with Crippen LogP contribution in [-0.2, 0) is 4.79 Å². The van der Waals surface area contributed by atoms with Gasteiger partial charge in [-0.15, -0.1) is 0 Å². The molecule has 70 heavy (non-hydrogen) atoms. The van der Waals surface area contributed by atoms with Crippen LogP contribution in [0.4, 0.5) is 0 Å². The Balaban J connectivity index is -0.000000171. The van der Waals surface area contributed by atoms with E-state index in [0.717, 1.165) is 5.92 Å². The van der Waals surface area contributed by atoms with Crippen LogP contribution in [0, 0.1) is 87.1 Å². The van der Waals surface area contributed by atoms with Crippen molar-refractivity contribution in [3.05, 3.63) is 24.3 Å². The monoisotopic (exact) mass is 989 g/mol. The lowest BCUT2D eigenvalue weighted by molar-refractivity contribution is -0.134. The molecule has 1 rings (SSSR count). The Labute approximate surface area is 449 Å². The fourth-order valence-corrected chi connectivity index (χ4v) is 9.14. The summed E-state index contributed by atoms with van der Waals surface area (Å²) < 4.78 is 0. The van der Waals surface area contributed by atoms with Gasteiger partial charge in [0, 0.05) is 10.8 Å². The van der Waals surface area contributed by atoms with E-state index >= 15 is 0 Å². The summed E-state index contributed by atoms with van der Waals surface area (Å²) in [5.41, 5.74) is 6.55. The van der Waals surface area contributed by atoms with Crippen molar-refractivity contribution < 1.29 is 4.79 Å². The molecule has 1 aliphatic rings. The summed E-state index contributed by atoms with van der Waals surface area (Å²) in [7, 11) is 0. The van der Waals surface area contributed by atoms with Gasteiger partial charge in [-0.2, -0.15) is 0 Å². The van der Waals surface area contributed by atoms with E-state index in [1.165, 1.54) is 37.7 Å². The second-order valence-corrected chi connectivity index (χ2v) is 37.3. The number of ketones is 1. The fraction of sp³-hybridized carbons (Fsp3) is 0.928. The van der Waals surface area contributed by atoms with Crippen molar-refractivity contribution in [3.8, 4) is 0 Å². The predicted molar refractivity (Wildman–Crippen MR) is 330 cm³/mol. The van der Waals surface area contributed by atoms with Crippen LogP contribution in [0.2, 0.25) is 0 Å². The highest BCUT2D eigenvalue weighted by Gasteiger charge is 2.58. The van der Waals surface area contributed by atoms with E-state index < -0.39 is 0 Å². The smallest absolute Gasteiger partial charge is 0.143 e. The van der Waals surface area contributed by atoms with Crippen molar-refractivity contribution in [2.75, 3.05) is 0 Å². The van der Waals surface area contributed by atoms with Crippen molar-refractivity contribution in [1.82, 2.24) is 0 Å². The Hall–Kier alpha value is -0.850. The van der Waals surface area contributed by atoms with E-state index in [4.69, 9.17) is 0 Å². The summed E-state index contributed by atoms with van der Waals surface area (Å²) in [6, 6.07) is 0. The molecule has 1 saturated carbocycles. The molecular formula is C69H144O. The standard InChI is InChI=1S/C11H22.C10H22.C10H20.C10H22.C10H20.C9H18O.C9H20/c1-9(2,3)11(7-8-11)10(4,5)6;2*1-9(2,3)7-8-10(4,5)6;2*1-8(9(2,3)4)10(5,6)7;1-8(2,3)7(10)9(4,5)6;1-8(2,3)7-9(4,5)6/h7-8H2,1-6H3;7-8H2,1-6H3;7-8H,1-6H3;8H,1-7H3;1H2,2-7H3;1-6H3;7H2,1-6H3/b;;8-7+;;;;. The van der Waals surface area contributed by atoms with E-state index in [9.17, 15) is 4.79 Å². The molecule has 0 spiro atoms. The highest BCUT2D eigenvalue weighted by molar-refractivity contribution is 5.88. The van der Waals surface area contributed by atoms with Gasteiger partial charge in [0.25, 0.3) is 0 Å². The zero-order chi connectivity index (χ0) is 59.2. The Morgan fingerprint density at radius 2 is 0.600 bits per heavy atom. The third-order valence-corrected chi connectivity index (χ3v) is 13.2. The molecule has 1 aliphatic carbocycles. The van der Waals surface area contributed by atoms with Gasteiger partial charge in [-0.1, -0.05) is 322 Å². The van der Waals surface area contributed by atoms with Crippen LogP contribution in [0.3, 0.4) is 0 Å². The number of hydrogen-bond donors (Lipinski definition) is 0. The minimum Gasteiger partial charge on any atom is -0.299 e. The molecule has 0 saturated heterocycles. The summed E-state index contributed by atoms with van der Waals surface area (Å²) in [5.74, 6) is 1.08. The molecular weight excluding hydrogens is 845 g/mol. The summed E-state index contributed by atoms with van der Waals surface area (Å²) >= 11 is 0. The van der Waals surface area contributed by atoms with Crippen molar-refractivity contribution in [2.24, 2.45) is 87.1 Å². The topological polar surface area (TPSA) is 17.1 Å². The maximum Gasteiger partial charge on any atom is 0.143 e. The van der Waals surface area contributed by atoms with Gasteiger partial charge in [0.05, 0.1) is 0 Å². The maximum absolute atomic E-state index is 11.5. The Morgan fingerprint density at radius 1 is 0.386 bits per heavy atom.